The summed E-state index contributed by atoms with van der Waals surface area (Å²) < 4.78 is 26.8. The van der Waals surface area contributed by atoms with Gasteiger partial charge in [0.25, 0.3) is 0 Å². The number of likely N-dealkylation sites (N-methyl/N-ethyl adjacent to an activating group) is 1. The molecule has 0 aliphatic carbocycles. The Labute approximate surface area is 145 Å². The standard InChI is InChI=1S/C16H34N2O6/c1-3-17-4-6-20-8-10-22-12-14-24-15-13-23-11-9-21-7-5-18-16(2)19/h17H,3-15H2,1-2H3,(H,18,19). The zero-order valence-corrected chi connectivity index (χ0v) is 15.1. The molecule has 0 saturated carbocycles. The highest BCUT2D eigenvalue weighted by atomic mass is 16.6. The smallest absolute Gasteiger partial charge is 0.216 e. The van der Waals surface area contributed by atoms with Gasteiger partial charge in [0.2, 0.25) is 5.91 Å². The molecule has 0 bridgehead atoms. The predicted molar refractivity (Wildman–Crippen MR) is 91.3 cm³/mol. The van der Waals surface area contributed by atoms with Gasteiger partial charge >= 0.3 is 0 Å². The molecule has 0 fully saturated rings. The molecule has 0 aliphatic heterocycles. The summed E-state index contributed by atoms with van der Waals surface area (Å²) in [5.74, 6) is -0.0484. The first-order valence-electron chi connectivity index (χ1n) is 8.61. The molecule has 8 nitrogen and oxygen atoms in total. The zero-order chi connectivity index (χ0) is 17.7. The highest BCUT2D eigenvalue weighted by Gasteiger charge is 1.94. The van der Waals surface area contributed by atoms with Crippen LogP contribution in [0.3, 0.4) is 0 Å². The molecule has 144 valence electrons. The van der Waals surface area contributed by atoms with E-state index in [9.17, 15) is 4.79 Å². The molecule has 0 aromatic carbocycles. The van der Waals surface area contributed by atoms with E-state index < -0.39 is 0 Å². The van der Waals surface area contributed by atoms with Gasteiger partial charge in [-0.1, -0.05) is 6.92 Å². The maximum absolute atomic E-state index is 10.6. The highest BCUT2D eigenvalue weighted by molar-refractivity contribution is 5.72. The van der Waals surface area contributed by atoms with Gasteiger partial charge in [-0.15, -0.1) is 0 Å². The Morgan fingerprint density at radius 3 is 1.42 bits per heavy atom. The van der Waals surface area contributed by atoms with Crippen molar-refractivity contribution in [2.75, 3.05) is 85.7 Å². The first-order chi connectivity index (χ1) is 11.8. The van der Waals surface area contributed by atoms with Gasteiger partial charge in [-0.05, 0) is 6.54 Å². The summed E-state index contributed by atoms with van der Waals surface area (Å²) in [7, 11) is 0. The fourth-order valence-corrected chi connectivity index (χ4v) is 1.60. The van der Waals surface area contributed by atoms with Crippen LogP contribution in [0.2, 0.25) is 0 Å². The Morgan fingerprint density at radius 1 is 0.667 bits per heavy atom. The van der Waals surface area contributed by atoms with Crippen molar-refractivity contribution in [1.82, 2.24) is 10.6 Å². The van der Waals surface area contributed by atoms with Crippen molar-refractivity contribution < 1.29 is 28.5 Å². The minimum Gasteiger partial charge on any atom is -0.378 e. The van der Waals surface area contributed by atoms with Gasteiger partial charge < -0.3 is 34.3 Å². The summed E-state index contributed by atoms with van der Waals surface area (Å²) >= 11 is 0. The fourth-order valence-electron chi connectivity index (χ4n) is 1.60. The van der Waals surface area contributed by atoms with Crippen LogP contribution < -0.4 is 10.6 Å². The molecule has 0 aromatic rings. The zero-order valence-electron chi connectivity index (χ0n) is 15.1. The largest absolute Gasteiger partial charge is 0.378 e. The molecule has 0 radical (unpaired) electrons. The molecule has 0 aromatic heterocycles. The van der Waals surface area contributed by atoms with E-state index in [-0.39, 0.29) is 5.91 Å². The number of rotatable bonds is 19. The summed E-state index contributed by atoms with van der Waals surface area (Å²) in [5.41, 5.74) is 0. The number of hydrogen-bond acceptors (Lipinski definition) is 7. The van der Waals surface area contributed by atoms with E-state index in [0.717, 1.165) is 13.1 Å². The molecule has 0 unspecified atom stereocenters. The first kappa shape index (κ1) is 23.2. The van der Waals surface area contributed by atoms with Crippen LogP contribution in [0.5, 0.6) is 0 Å². The van der Waals surface area contributed by atoms with Gasteiger partial charge in [0.1, 0.15) is 0 Å². The summed E-state index contributed by atoms with van der Waals surface area (Å²) in [6, 6.07) is 0. The summed E-state index contributed by atoms with van der Waals surface area (Å²) in [4.78, 5) is 10.6. The maximum Gasteiger partial charge on any atom is 0.216 e. The van der Waals surface area contributed by atoms with Crippen LogP contribution in [-0.4, -0.2) is 91.6 Å². The van der Waals surface area contributed by atoms with Crippen molar-refractivity contribution in [3.8, 4) is 0 Å². The Kier molecular flexibility index (Phi) is 19.6. The Morgan fingerprint density at radius 2 is 1.04 bits per heavy atom. The van der Waals surface area contributed by atoms with Crippen LogP contribution in [-0.2, 0) is 28.5 Å². The molecule has 8 heteroatoms. The van der Waals surface area contributed by atoms with Crippen molar-refractivity contribution in [2.24, 2.45) is 0 Å². The van der Waals surface area contributed by atoms with E-state index in [0.29, 0.717) is 72.6 Å². The first-order valence-corrected chi connectivity index (χ1v) is 8.61. The second kappa shape index (κ2) is 20.3. The van der Waals surface area contributed by atoms with Crippen molar-refractivity contribution in [2.45, 2.75) is 13.8 Å². The molecular formula is C16H34N2O6. The lowest BCUT2D eigenvalue weighted by molar-refractivity contribution is -0.119. The number of nitrogens with one attached hydrogen (secondary N) is 2. The van der Waals surface area contributed by atoms with E-state index in [4.69, 9.17) is 23.7 Å². The van der Waals surface area contributed by atoms with Crippen molar-refractivity contribution in [3.63, 3.8) is 0 Å². The Bertz CT molecular complexity index is 269. The van der Waals surface area contributed by atoms with Gasteiger partial charge in [-0.2, -0.15) is 0 Å². The van der Waals surface area contributed by atoms with Gasteiger partial charge in [0, 0.05) is 20.0 Å². The highest BCUT2D eigenvalue weighted by Crippen LogP contribution is 1.83. The third-order valence-corrected chi connectivity index (χ3v) is 2.78. The van der Waals surface area contributed by atoms with Gasteiger partial charge in [0.05, 0.1) is 66.1 Å². The van der Waals surface area contributed by atoms with Gasteiger partial charge in [-0.3, -0.25) is 4.79 Å². The van der Waals surface area contributed by atoms with E-state index in [1.807, 2.05) is 0 Å². The predicted octanol–water partition coefficient (Wildman–Crippen LogP) is -0.185. The van der Waals surface area contributed by atoms with Crippen LogP contribution in [0.25, 0.3) is 0 Å². The average Bonchev–Trinajstić information content (AvgIpc) is 2.56. The molecule has 0 rings (SSSR count). The monoisotopic (exact) mass is 350 g/mol. The molecule has 1 amide bonds. The summed E-state index contributed by atoms with van der Waals surface area (Å²) in [5, 5.41) is 5.84. The molecular weight excluding hydrogens is 316 g/mol. The van der Waals surface area contributed by atoms with Crippen molar-refractivity contribution in [3.05, 3.63) is 0 Å². The number of hydrogen-bond donors (Lipinski definition) is 2. The summed E-state index contributed by atoms with van der Waals surface area (Å²) in [6.07, 6.45) is 0. The van der Waals surface area contributed by atoms with Crippen LogP contribution in [0.4, 0.5) is 0 Å². The van der Waals surface area contributed by atoms with Crippen LogP contribution in [0, 0.1) is 0 Å². The van der Waals surface area contributed by atoms with Gasteiger partial charge in [0.15, 0.2) is 0 Å². The van der Waals surface area contributed by atoms with Crippen molar-refractivity contribution >= 4 is 5.91 Å². The second-order valence-corrected chi connectivity index (χ2v) is 4.90. The Hall–Kier alpha value is -0.770. The summed E-state index contributed by atoms with van der Waals surface area (Å²) in [6.45, 7) is 11.5. The Balaban J connectivity index is 2.97. The van der Waals surface area contributed by atoms with E-state index in [1.54, 1.807) is 0 Å². The lowest BCUT2D eigenvalue weighted by Gasteiger charge is -2.08. The fraction of sp³-hybridized carbons (Fsp3) is 0.938. The van der Waals surface area contributed by atoms with Crippen LogP contribution >= 0.6 is 0 Å². The number of amides is 1. The van der Waals surface area contributed by atoms with Crippen LogP contribution in [0.1, 0.15) is 13.8 Å². The number of ether oxygens (including phenoxy) is 5. The topological polar surface area (TPSA) is 87.3 Å². The molecule has 0 saturated heterocycles. The third-order valence-electron chi connectivity index (χ3n) is 2.78. The molecule has 2 N–H and O–H groups in total. The molecule has 0 atom stereocenters. The molecule has 0 spiro atoms. The second-order valence-electron chi connectivity index (χ2n) is 4.90. The third kappa shape index (κ3) is 21.2. The van der Waals surface area contributed by atoms with Crippen LogP contribution in [0.15, 0.2) is 0 Å². The molecule has 0 aliphatic rings. The lowest BCUT2D eigenvalue weighted by atomic mass is 10.6. The van der Waals surface area contributed by atoms with E-state index in [1.165, 1.54) is 6.92 Å². The minimum absolute atomic E-state index is 0.0484. The van der Waals surface area contributed by atoms with Crippen molar-refractivity contribution in [1.29, 1.82) is 0 Å². The van der Waals surface area contributed by atoms with E-state index >= 15 is 0 Å². The molecule has 24 heavy (non-hydrogen) atoms. The maximum atomic E-state index is 10.6. The molecule has 0 heterocycles. The average molecular weight is 350 g/mol. The quantitative estimate of drug-likeness (QED) is 0.312. The minimum atomic E-state index is -0.0484. The normalized spacial score (nSPS) is 10.9. The lowest BCUT2D eigenvalue weighted by Crippen LogP contribution is -2.25. The number of carbonyl (C=O) groups is 1. The SMILES string of the molecule is CCNCCOCCOCCOCCOCCOCCNC(C)=O. The van der Waals surface area contributed by atoms with E-state index in [2.05, 4.69) is 17.6 Å². The van der Waals surface area contributed by atoms with Gasteiger partial charge in [-0.25, -0.2) is 0 Å². The number of carbonyl (C=O) groups excluding carboxylic acids is 1.